The minimum atomic E-state index is -0.332. The molecule has 1 amide bonds. The summed E-state index contributed by atoms with van der Waals surface area (Å²) < 4.78 is 0. The van der Waals surface area contributed by atoms with Gasteiger partial charge in [-0.3, -0.25) is 9.89 Å². The van der Waals surface area contributed by atoms with Gasteiger partial charge < -0.3 is 10.6 Å². The van der Waals surface area contributed by atoms with Crippen molar-refractivity contribution in [2.45, 2.75) is 19.4 Å². The van der Waals surface area contributed by atoms with Gasteiger partial charge in [-0.05, 0) is 6.92 Å². The summed E-state index contributed by atoms with van der Waals surface area (Å²) in [5.41, 5.74) is 5.27. The zero-order valence-corrected chi connectivity index (χ0v) is 8.56. The Kier molecular flexibility index (Phi) is 3.23. The fourth-order valence-corrected chi connectivity index (χ4v) is 1.01. The smallest absolute Gasteiger partial charge is 0.291 e. The molecule has 0 aliphatic rings. The number of carbonyl (C=O) groups excluding carboxylic acids is 1. The van der Waals surface area contributed by atoms with E-state index >= 15 is 0 Å². The number of aromatic amines is 1. The van der Waals surface area contributed by atoms with Crippen molar-refractivity contribution in [3.8, 4) is 6.07 Å². The molecule has 0 aliphatic carbocycles. The quantitative estimate of drug-likeness (QED) is 0.712. The number of hydrogen-bond donors (Lipinski definition) is 2. The van der Waals surface area contributed by atoms with Gasteiger partial charge in [-0.25, -0.2) is 0 Å². The topological polar surface area (TPSA) is 112 Å². The summed E-state index contributed by atoms with van der Waals surface area (Å²) in [5, 5.41) is 14.5. The molecule has 1 unspecified atom stereocenters. The van der Waals surface area contributed by atoms with Crippen LogP contribution in [0.4, 0.5) is 5.95 Å². The second-order valence-electron chi connectivity index (χ2n) is 3.17. The van der Waals surface area contributed by atoms with Crippen molar-refractivity contribution in [1.82, 2.24) is 20.1 Å². The van der Waals surface area contributed by atoms with E-state index in [1.807, 2.05) is 6.07 Å². The van der Waals surface area contributed by atoms with Crippen molar-refractivity contribution < 1.29 is 4.79 Å². The van der Waals surface area contributed by atoms with Crippen molar-refractivity contribution in [2.24, 2.45) is 0 Å². The zero-order chi connectivity index (χ0) is 11.4. The molecule has 1 atom stereocenters. The molecule has 0 aromatic carbocycles. The van der Waals surface area contributed by atoms with Crippen molar-refractivity contribution in [3.63, 3.8) is 0 Å². The van der Waals surface area contributed by atoms with E-state index in [1.54, 1.807) is 14.0 Å². The zero-order valence-electron chi connectivity index (χ0n) is 8.56. The fourth-order valence-electron chi connectivity index (χ4n) is 1.01. The monoisotopic (exact) mass is 208 g/mol. The van der Waals surface area contributed by atoms with Gasteiger partial charge in [0.2, 0.25) is 11.8 Å². The first-order valence-corrected chi connectivity index (χ1v) is 4.38. The number of amides is 1. The third-order valence-corrected chi connectivity index (χ3v) is 2.07. The minimum Gasteiger partial charge on any atom is -0.366 e. The number of hydrogen-bond acceptors (Lipinski definition) is 5. The standard InChI is InChI=1S/C8H12N6O/c1-5(3-4-9)14(2)7(15)6-11-8(10)13-12-6/h5H,3H2,1-2H3,(H3,10,11,12,13). The molecule has 0 spiro atoms. The lowest BCUT2D eigenvalue weighted by molar-refractivity contribution is 0.0734. The highest BCUT2D eigenvalue weighted by molar-refractivity contribution is 5.90. The summed E-state index contributed by atoms with van der Waals surface area (Å²) in [4.78, 5) is 16.8. The van der Waals surface area contributed by atoms with E-state index in [0.717, 1.165) is 0 Å². The Morgan fingerprint density at radius 3 is 2.93 bits per heavy atom. The lowest BCUT2D eigenvalue weighted by Crippen LogP contribution is -2.35. The molecule has 0 fully saturated rings. The van der Waals surface area contributed by atoms with Crippen LogP contribution in [0.3, 0.4) is 0 Å². The average molecular weight is 208 g/mol. The van der Waals surface area contributed by atoms with Crippen LogP contribution < -0.4 is 5.73 Å². The number of H-pyrrole nitrogens is 1. The molecule has 7 nitrogen and oxygen atoms in total. The van der Waals surface area contributed by atoms with Crippen LogP contribution in [0.25, 0.3) is 0 Å². The van der Waals surface area contributed by atoms with Crippen LogP contribution in [-0.4, -0.2) is 39.1 Å². The molecule has 0 bridgehead atoms. The van der Waals surface area contributed by atoms with Gasteiger partial charge in [0.15, 0.2) is 0 Å². The summed E-state index contributed by atoms with van der Waals surface area (Å²) >= 11 is 0. The number of nitrogens with zero attached hydrogens (tertiary/aromatic N) is 4. The molecule has 15 heavy (non-hydrogen) atoms. The predicted molar refractivity (Wildman–Crippen MR) is 52.6 cm³/mol. The highest BCUT2D eigenvalue weighted by Crippen LogP contribution is 2.05. The Balaban J connectivity index is 2.73. The number of nitrogen functional groups attached to an aromatic ring is 1. The molecule has 3 N–H and O–H groups in total. The maximum absolute atomic E-state index is 11.7. The second-order valence-corrected chi connectivity index (χ2v) is 3.17. The normalized spacial score (nSPS) is 11.8. The summed E-state index contributed by atoms with van der Waals surface area (Å²) in [6.07, 6.45) is 0.270. The van der Waals surface area contributed by atoms with Gasteiger partial charge in [-0.15, -0.1) is 5.10 Å². The highest BCUT2D eigenvalue weighted by atomic mass is 16.2. The Hall–Kier alpha value is -2.10. The summed E-state index contributed by atoms with van der Waals surface area (Å²) in [6.45, 7) is 1.78. The first-order valence-electron chi connectivity index (χ1n) is 4.38. The molecule has 1 heterocycles. The van der Waals surface area contributed by atoms with Gasteiger partial charge in [-0.1, -0.05) is 0 Å². The molecule has 80 valence electrons. The molecule has 1 aromatic rings. The van der Waals surface area contributed by atoms with Gasteiger partial charge >= 0.3 is 0 Å². The first-order chi connectivity index (χ1) is 7.06. The number of carbonyl (C=O) groups is 1. The van der Waals surface area contributed by atoms with Crippen LogP contribution in [0.15, 0.2) is 0 Å². The molecular formula is C8H12N6O. The lowest BCUT2D eigenvalue weighted by Gasteiger charge is -2.21. The highest BCUT2D eigenvalue weighted by Gasteiger charge is 2.20. The summed E-state index contributed by atoms with van der Waals surface area (Å²) in [5.74, 6) is -0.221. The summed E-state index contributed by atoms with van der Waals surface area (Å²) in [6, 6.07) is 1.82. The molecule has 1 aromatic heterocycles. The minimum absolute atomic E-state index is 0.0275. The maximum atomic E-state index is 11.7. The van der Waals surface area contributed by atoms with E-state index in [1.165, 1.54) is 4.90 Å². The fraction of sp³-hybridized carbons (Fsp3) is 0.500. The molecule has 0 saturated carbocycles. The van der Waals surface area contributed by atoms with Crippen molar-refractivity contribution in [2.75, 3.05) is 12.8 Å². The summed E-state index contributed by atoms with van der Waals surface area (Å²) in [7, 11) is 1.60. The number of rotatable bonds is 3. The maximum Gasteiger partial charge on any atom is 0.291 e. The Bertz CT molecular complexity index is 392. The number of nitrogens with two attached hydrogens (primary N) is 1. The van der Waals surface area contributed by atoms with Gasteiger partial charge in [0.25, 0.3) is 5.91 Å². The van der Waals surface area contributed by atoms with Crippen LogP contribution in [-0.2, 0) is 0 Å². The molecular weight excluding hydrogens is 196 g/mol. The van der Waals surface area contributed by atoms with Gasteiger partial charge in [-0.2, -0.15) is 10.2 Å². The molecule has 0 radical (unpaired) electrons. The Morgan fingerprint density at radius 2 is 2.47 bits per heavy atom. The Labute approximate surface area is 86.9 Å². The average Bonchev–Trinajstić information content (AvgIpc) is 2.63. The third kappa shape index (κ3) is 2.43. The first kappa shape index (κ1) is 11.0. The van der Waals surface area contributed by atoms with E-state index in [-0.39, 0.29) is 30.1 Å². The van der Waals surface area contributed by atoms with E-state index in [2.05, 4.69) is 15.2 Å². The van der Waals surface area contributed by atoms with E-state index < -0.39 is 0 Å². The third-order valence-electron chi connectivity index (χ3n) is 2.07. The number of aromatic nitrogens is 3. The van der Waals surface area contributed by atoms with Crippen LogP contribution >= 0.6 is 0 Å². The van der Waals surface area contributed by atoms with Crippen LogP contribution in [0, 0.1) is 11.3 Å². The van der Waals surface area contributed by atoms with Gasteiger partial charge in [0.1, 0.15) is 0 Å². The van der Waals surface area contributed by atoms with Crippen LogP contribution in [0.2, 0.25) is 0 Å². The van der Waals surface area contributed by atoms with Crippen molar-refractivity contribution in [3.05, 3.63) is 5.82 Å². The van der Waals surface area contributed by atoms with Crippen LogP contribution in [0.5, 0.6) is 0 Å². The molecule has 7 heteroatoms. The molecule has 1 rings (SSSR count). The largest absolute Gasteiger partial charge is 0.366 e. The van der Waals surface area contributed by atoms with Gasteiger partial charge in [0, 0.05) is 13.1 Å². The van der Waals surface area contributed by atoms with Crippen molar-refractivity contribution >= 4 is 11.9 Å². The van der Waals surface area contributed by atoms with Gasteiger partial charge in [0.05, 0.1) is 12.5 Å². The van der Waals surface area contributed by atoms with Crippen LogP contribution in [0.1, 0.15) is 24.0 Å². The lowest BCUT2D eigenvalue weighted by atomic mass is 10.2. The Morgan fingerprint density at radius 1 is 1.80 bits per heavy atom. The van der Waals surface area contributed by atoms with E-state index in [9.17, 15) is 4.79 Å². The number of nitriles is 1. The van der Waals surface area contributed by atoms with Crippen molar-refractivity contribution in [1.29, 1.82) is 5.26 Å². The second kappa shape index (κ2) is 4.41. The molecule has 0 saturated heterocycles. The number of nitrogens with one attached hydrogen (secondary N) is 1. The SMILES string of the molecule is CC(CC#N)N(C)C(=O)c1nc(N)n[nH]1. The van der Waals surface area contributed by atoms with E-state index in [0.29, 0.717) is 0 Å². The molecule has 0 aliphatic heterocycles. The van der Waals surface area contributed by atoms with E-state index in [4.69, 9.17) is 11.0 Å². The number of anilines is 1. The predicted octanol–water partition coefficient (Wildman–Crippen LogP) is -0.239.